The maximum absolute atomic E-state index is 6.04. The molecule has 4 nitrogen and oxygen atoms in total. The molecule has 1 heterocycles. The van der Waals surface area contributed by atoms with Crippen molar-refractivity contribution in [2.75, 3.05) is 11.9 Å². The average molecular weight is 279 g/mol. The van der Waals surface area contributed by atoms with Gasteiger partial charge in [0, 0.05) is 13.0 Å². The van der Waals surface area contributed by atoms with Gasteiger partial charge in [0.25, 0.3) is 0 Å². The summed E-state index contributed by atoms with van der Waals surface area (Å²) in [6, 6.07) is 0. The minimum Gasteiger partial charge on any atom is -0.474 e. The molecule has 0 aliphatic carbocycles. The Labute approximate surface area is 123 Å². The summed E-state index contributed by atoms with van der Waals surface area (Å²) in [4.78, 5) is 9.16. The highest BCUT2D eigenvalue weighted by atomic mass is 16.5. The second-order valence-electron chi connectivity index (χ2n) is 5.76. The first kappa shape index (κ1) is 16.7. The van der Waals surface area contributed by atoms with Crippen LogP contribution in [0.2, 0.25) is 0 Å². The highest BCUT2D eigenvalue weighted by Gasteiger charge is 2.15. The molecule has 1 rings (SSSR count). The number of hydrogen-bond acceptors (Lipinski definition) is 4. The van der Waals surface area contributed by atoms with Gasteiger partial charge in [0.05, 0.1) is 11.7 Å². The molecule has 0 aliphatic heterocycles. The molecule has 0 saturated carbocycles. The molecule has 1 unspecified atom stereocenters. The molecule has 1 atom stereocenters. The van der Waals surface area contributed by atoms with Crippen LogP contribution in [-0.2, 0) is 6.42 Å². The molecule has 1 N–H and O–H groups in total. The zero-order valence-corrected chi connectivity index (χ0v) is 13.8. The minimum absolute atomic E-state index is 0.174. The quantitative estimate of drug-likeness (QED) is 0.782. The molecule has 0 spiro atoms. The number of hydrogen-bond donors (Lipinski definition) is 1. The van der Waals surface area contributed by atoms with Crippen molar-refractivity contribution in [3.63, 3.8) is 0 Å². The van der Waals surface area contributed by atoms with E-state index in [9.17, 15) is 0 Å². The fourth-order valence-corrected chi connectivity index (χ4v) is 2.23. The third kappa shape index (κ3) is 4.99. The molecule has 0 bridgehead atoms. The fraction of sp³-hybridized carbons (Fsp3) is 0.750. The SMILES string of the molecule is CCCc1nc(NCC)c(C)c(OC(C)CC(C)C)n1. The van der Waals surface area contributed by atoms with Gasteiger partial charge in [-0.2, -0.15) is 4.98 Å². The number of nitrogens with zero attached hydrogens (tertiary/aromatic N) is 2. The highest BCUT2D eigenvalue weighted by Crippen LogP contribution is 2.24. The van der Waals surface area contributed by atoms with Crippen LogP contribution in [0.5, 0.6) is 5.88 Å². The molecular weight excluding hydrogens is 250 g/mol. The van der Waals surface area contributed by atoms with E-state index in [-0.39, 0.29) is 6.10 Å². The fourth-order valence-electron chi connectivity index (χ4n) is 2.23. The molecule has 0 radical (unpaired) electrons. The van der Waals surface area contributed by atoms with Gasteiger partial charge >= 0.3 is 0 Å². The van der Waals surface area contributed by atoms with Crippen LogP contribution in [0.1, 0.15) is 58.8 Å². The third-order valence-electron chi connectivity index (χ3n) is 3.08. The number of aryl methyl sites for hydroxylation is 1. The Morgan fingerprint density at radius 3 is 2.40 bits per heavy atom. The summed E-state index contributed by atoms with van der Waals surface area (Å²) < 4.78 is 6.04. The molecule has 0 amide bonds. The van der Waals surface area contributed by atoms with Gasteiger partial charge in [-0.25, -0.2) is 4.98 Å². The zero-order valence-electron chi connectivity index (χ0n) is 13.8. The Hall–Kier alpha value is -1.32. The zero-order chi connectivity index (χ0) is 15.1. The lowest BCUT2D eigenvalue weighted by Gasteiger charge is -2.19. The molecule has 114 valence electrons. The average Bonchev–Trinajstić information content (AvgIpc) is 2.34. The van der Waals surface area contributed by atoms with Gasteiger partial charge in [-0.3, -0.25) is 0 Å². The van der Waals surface area contributed by atoms with Crippen LogP contribution < -0.4 is 10.1 Å². The lowest BCUT2D eigenvalue weighted by Crippen LogP contribution is -2.17. The summed E-state index contributed by atoms with van der Waals surface area (Å²) in [6.07, 6.45) is 3.12. The summed E-state index contributed by atoms with van der Waals surface area (Å²) in [6.45, 7) is 13.6. The monoisotopic (exact) mass is 279 g/mol. The first-order chi connectivity index (χ1) is 9.47. The highest BCUT2D eigenvalue weighted by molar-refractivity contribution is 5.48. The van der Waals surface area contributed by atoms with Gasteiger partial charge in [-0.1, -0.05) is 20.8 Å². The van der Waals surface area contributed by atoms with Crippen molar-refractivity contribution in [3.8, 4) is 5.88 Å². The van der Waals surface area contributed by atoms with E-state index in [4.69, 9.17) is 4.74 Å². The Balaban J connectivity index is 2.97. The number of aromatic nitrogens is 2. The second-order valence-corrected chi connectivity index (χ2v) is 5.76. The van der Waals surface area contributed by atoms with Crippen LogP contribution in [0.15, 0.2) is 0 Å². The van der Waals surface area contributed by atoms with E-state index in [0.29, 0.717) is 5.92 Å². The topological polar surface area (TPSA) is 47.0 Å². The summed E-state index contributed by atoms with van der Waals surface area (Å²) in [7, 11) is 0. The van der Waals surface area contributed by atoms with E-state index in [1.807, 2.05) is 6.92 Å². The van der Waals surface area contributed by atoms with Gasteiger partial charge in [0.2, 0.25) is 5.88 Å². The molecule has 4 heteroatoms. The van der Waals surface area contributed by atoms with Crippen molar-refractivity contribution in [1.29, 1.82) is 0 Å². The summed E-state index contributed by atoms with van der Waals surface area (Å²) in [5, 5.41) is 3.30. The molecule has 0 aliphatic rings. The minimum atomic E-state index is 0.174. The number of rotatable bonds is 8. The first-order valence-electron chi connectivity index (χ1n) is 7.75. The third-order valence-corrected chi connectivity index (χ3v) is 3.08. The van der Waals surface area contributed by atoms with E-state index < -0.39 is 0 Å². The van der Waals surface area contributed by atoms with Crippen LogP contribution in [0.25, 0.3) is 0 Å². The Morgan fingerprint density at radius 1 is 1.15 bits per heavy atom. The lowest BCUT2D eigenvalue weighted by atomic mass is 10.1. The largest absolute Gasteiger partial charge is 0.474 e. The number of nitrogens with one attached hydrogen (secondary N) is 1. The van der Waals surface area contributed by atoms with E-state index in [2.05, 4.69) is 49.9 Å². The first-order valence-corrected chi connectivity index (χ1v) is 7.75. The normalized spacial score (nSPS) is 12.6. The maximum Gasteiger partial charge on any atom is 0.222 e. The van der Waals surface area contributed by atoms with Gasteiger partial charge in [-0.05, 0) is 39.5 Å². The summed E-state index contributed by atoms with van der Waals surface area (Å²) in [5.41, 5.74) is 1.00. The van der Waals surface area contributed by atoms with E-state index >= 15 is 0 Å². The Bertz CT molecular complexity index is 418. The van der Waals surface area contributed by atoms with Crippen LogP contribution in [0.4, 0.5) is 5.82 Å². The van der Waals surface area contributed by atoms with Gasteiger partial charge in [-0.15, -0.1) is 0 Å². The lowest BCUT2D eigenvalue weighted by molar-refractivity contribution is 0.183. The van der Waals surface area contributed by atoms with Crippen molar-refractivity contribution in [2.45, 2.75) is 66.9 Å². The molecule has 20 heavy (non-hydrogen) atoms. The van der Waals surface area contributed by atoms with Crippen LogP contribution >= 0.6 is 0 Å². The second kappa shape index (κ2) is 8.08. The molecule has 0 fully saturated rings. The predicted octanol–water partition coefficient (Wildman–Crippen LogP) is 3.98. The Morgan fingerprint density at radius 2 is 1.85 bits per heavy atom. The van der Waals surface area contributed by atoms with Crippen molar-refractivity contribution in [1.82, 2.24) is 9.97 Å². The van der Waals surface area contributed by atoms with Gasteiger partial charge < -0.3 is 10.1 Å². The summed E-state index contributed by atoms with van der Waals surface area (Å²) >= 11 is 0. The summed E-state index contributed by atoms with van der Waals surface area (Å²) in [5.74, 6) is 3.11. The van der Waals surface area contributed by atoms with Gasteiger partial charge in [0.15, 0.2) is 0 Å². The molecule has 1 aromatic rings. The van der Waals surface area contributed by atoms with Crippen molar-refractivity contribution in [3.05, 3.63) is 11.4 Å². The van der Waals surface area contributed by atoms with Crippen molar-refractivity contribution >= 4 is 5.82 Å². The van der Waals surface area contributed by atoms with Crippen molar-refractivity contribution < 1.29 is 4.74 Å². The van der Waals surface area contributed by atoms with E-state index in [1.54, 1.807) is 0 Å². The maximum atomic E-state index is 6.04. The van der Waals surface area contributed by atoms with Gasteiger partial charge in [0.1, 0.15) is 11.6 Å². The molecule has 0 aromatic carbocycles. The van der Waals surface area contributed by atoms with E-state index in [1.165, 1.54) is 0 Å². The number of anilines is 1. The van der Waals surface area contributed by atoms with E-state index in [0.717, 1.165) is 48.9 Å². The smallest absolute Gasteiger partial charge is 0.222 e. The van der Waals surface area contributed by atoms with Crippen molar-refractivity contribution in [2.24, 2.45) is 5.92 Å². The van der Waals surface area contributed by atoms with Crippen LogP contribution in [0, 0.1) is 12.8 Å². The molecule has 0 saturated heterocycles. The van der Waals surface area contributed by atoms with Crippen LogP contribution in [0.3, 0.4) is 0 Å². The predicted molar refractivity (Wildman–Crippen MR) is 84.5 cm³/mol. The Kier molecular flexibility index (Phi) is 6.76. The van der Waals surface area contributed by atoms with Crippen LogP contribution in [-0.4, -0.2) is 22.6 Å². The number of ether oxygens (including phenoxy) is 1. The molecule has 1 aromatic heterocycles. The standard InChI is InChI=1S/C16H29N3O/c1-7-9-14-18-15(17-8-2)13(6)16(19-14)20-12(5)10-11(3)4/h11-12H,7-10H2,1-6H3,(H,17,18,19). The molecular formula is C16H29N3O.